The van der Waals surface area contributed by atoms with Crippen molar-refractivity contribution in [1.29, 1.82) is 0 Å². The van der Waals surface area contributed by atoms with Gasteiger partial charge in [0.1, 0.15) is 11.5 Å². The van der Waals surface area contributed by atoms with Crippen LogP contribution in [0.3, 0.4) is 0 Å². The molecule has 0 bridgehead atoms. The maximum atomic E-state index is 9.56. The van der Waals surface area contributed by atoms with Crippen molar-refractivity contribution in [3.8, 4) is 11.5 Å². The first-order chi connectivity index (χ1) is 7.75. The zero-order valence-corrected chi connectivity index (χ0v) is 9.18. The average molecular weight is 234 g/mol. The van der Waals surface area contributed by atoms with Gasteiger partial charge in [0.05, 0.1) is 0 Å². The Bertz CT molecular complexity index is 477. The molecular weight excluding hydrogens is 224 g/mol. The van der Waals surface area contributed by atoms with Crippen LogP contribution >= 0.6 is 11.8 Å². The van der Waals surface area contributed by atoms with Crippen LogP contribution in [0.1, 0.15) is 5.56 Å². The van der Waals surface area contributed by atoms with Crippen molar-refractivity contribution in [1.82, 2.24) is 9.97 Å². The van der Waals surface area contributed by atoms with Gasteiger partial charge in [0.25, 0.3) is 0 Å². The molecular formula is C11H10N2O2S. The number of hydrogen-bond acceptors (Lipinski definition) is 5. The molecule has 2 aromatic rings. The Labute approximate surface area is 97.0 Å². The van der Waals surface area contributed by atoms with Gasteiger partial charge < -0.3 is 10.2 Å². The lowest BCUT2D eigenvalue weighted by Gasteiger charge is -2.03. The minimum absolute atomic E-state index is 0.0576. The van der Waals surface area contributed by atoms with Gasteiger partial charge in [-0.2, -0.15) is 0 Å². The van der Waals surface area contributed by atoms with Gasteiger partial charge in [0.2, 0.25) is 0 Å². The highest BCUT2D eigenvalue weighted by atomic mass is 32.2. The molecule has 0 aliphatic heterocycles. The molecule has 0 aliphatic carbocycles. The third-order valence-electron chi connectivity index (χ3n) is 1.97. The molecule has 0 unspecified atom stereocenters. The number of aromatic hydroxyl groups is 2. The minimum Gasteiger partial charge on any atom is -0.508 e. The summed E-state index contributed by atoms with van der Waals surface area (Å²) in [6.45, 7) is 0. The van der Waals surface area contributed by atoms with Gasteiger partial charge in [-0.15, -0.1) is 0 Å². The Kier molecular flexibility index (Phi) is 3.26. The number of phenolic OH excluding ortho intramolecular Hbond substituents is 2. The molecule has 0 aliphatic rings. The van der Waals surface area contributed by atoms with E-state index in [4.69, 9.17) is 5.11 Å². The van der Waals surface area contributed by atoms with E-state index < -0.39 is 0 Å². The average Bonchev–Trinajstić information content (AvgIpc) is 2.29. The van der Waals surface area contributed by atoms with Crippen molar-refractivity contribution in [2.45, 2.75) is 10.9 Å². The smallest absolute Gasteiger partial charge is 0.187 e. The fourth-order valence-corrected chi connectivity index (χ4v) is 1.98. The Hall–Kier alpha value is -1.75. The summed E-state index contributed by atoms with van der Waals surface area (Å²) >= 11 is 1.43. The Balaban J connectivity index is 2.05. The quantitative estimate of drug-likeness (QED) is 0.629. The lowest BCUT2D eigenvalue weighted by molar-refractivity contribution is 0.447. The summed E-state index contributed by atoms with van der Waals surface area (Å²) in [4.78, 5) is 8.12. The molecule has 82 valence electrons. The van der Waals surface area contributed by atoms with E-state index in [0.717, 1.165) is 5.56 Å². The molecule has 1 heterocycles. The molecule has 1 aromatic heterocycles. The van der Waals surface area contributed by atoms with Crippen molar-refractivity contribution >= 4 is 11.8 Å². The minimum atomic E-state index is 0.0576. The Morgan fingerprint density at radius 2 is 1.88 bits per heavy atom. The molecule has 1 aromatic carbocycles. The zero-order chi connectivity index (χ0) is 11.4. The largest absolute Gasteiger partial charge is 0.508 e. The van der Waals surface area contributed by atoms with Crippen LogP contribution in [0.2, 0.25) is 0 Å². The fraction of sp³-hybridized carbons (Fsp3) is 0.0909. The summed E-state index contributed by atoms with van der Waals surface area (Å²) in [5.41, 5.74) is 0.746. The van der Waals surface area contributed by atoms with Gasteiger partial charge in [-0.05, 0) is 12.1 Å². The van der Waals surface area contributed by atoms with E-state index in [1.807, 2.05) is 0 Å². The van der Waals surface area contributed by atoms with Crippen LogP contribution in [0.5, 0.6) is 11.5 Å². The Morgan fingerprint density at radius 3 is 2.56 bits per heavy atom. The second-order valence-electron chi connectivity index (χ2n) is 3.13. The highest BCUT2D eigenvalue weighted by Crippen LogP contribution is 2.27. The van der Waals surface area contributed by atoms with E-state index in [1.54, 1.807) is 30.6 Å². The van der Waals surface area contributed by atoms with Crippen LogP contribution in [0.15, 0.2) is 41.8 Å². The molecule has 0 radical (unpaired) electrons. The maximum Gasteiger partial charge on any atom is 0.187 e. The number of phenols is 2. The molecule has 4 nitrogen and oxygen atoms in total. The fourth-order valence-electron chi connectivity index (χ4n) is 1.18. The first-order valence-electron chi connectivity index (χ1n) is 4.66. The molecule has 0 atom stereocenters. The number of thioether (sulfide) groups is 1. The van der Waals surface area contributed by atoms with Crippen molar-refractivity contribution in [2.24, 2.45) is 0 Å². The number of benzene rings is 1. The molecule has 0 amide bonds. The standard InChI is InChI=1S/C11H10N2O2S/c14-9-3-2-8(10(15)6-9)7-16-11-12-4-1-5-13-11/h1-6,14-15H,7H2. The number of nitrogens with zero attached hydrogens (tertiary/aromatic N) is 2. The molecule has 0 saturated heterocycles. The third-order valence-corrected chi connectivity index (χ3v) is 2.89. The van der Waals surface area contributed by atoms with Gasteiger partial charge in [0, 0.05) is 29.8 Å². The van der Waals surface area contributed by atoms with Crippen LogP contribution in [-0.2, 0) is 5.75 Å². The first kappa shape index (κ1) is 10.8. The lowest BCUT2D eigenvalue weighted by Crippen LogP contribution is -1.86. The van der Waals surface area contributed by atoms with Crippen molar-refractivity contribution in [3.05, 3.63) is 42.2 Å². The summed E-state index contributed by atoms with van der Waals surface area (Å²) in [5.74, 6) is 0.710. The first-order valence-corrected chi connectivity index (χ1v) is 5.65. The SMILES string of the molecule is Oc1ccc(CSc2ncccn2)c(O)c1. The zero-order valence-electron chi connectivity index (χ0n) is 8.37. The molecule has 5 heteroatoms. The normalized spacial score (nSPS) is 10.2. The van der Waals surface area contributed by atoms with Gasteiger partial charge in [-0.1, -0.05) is 17.8 Å². The number of aromatic nitrogens is 2. The molecule has 0 spiro atoms. The summed E-state index contributed by atoms with van der Waals surface area (Å²) in [5, 5.41) is 19.3. The van der Waals surface area contributed by atoms with Crippen molar-refractivity contribution in [2.75, 3.05) is 0 Å². The van der Waals surface area contributed by atoms with Gasteiger partial charge >= 0.3 is 0 Å². The van der Waals surface area contributed by atoms with E-state index in [-0.39, 0.29) is 11.5 Å². The van der Waals surface area contributed by atoms with E-state index in [1.165, 1.54) is 17.8 Å². The second kappa shape index (κ2) is 4.85. The van der Waals surface area contributed by atoms with Crippen LogP contribution in [-0.4, -0.2) is 20.2 Å². The van der Waals surface area contributed by atoms with Crippen molar-refractivity contribution < 1.29 is 10.2 Å². The van der Waals surface area contributed by atoms with Gasteiger partial charge in [-0.3, -0.25) is 0 Å². The van der Waals surface area contributed by atoms with E-state index in [0.29, 0.717) is 10.9 Å². The van der Waals surface area contributed by atoms with Crippen molar-refractivity contribution in [3.63, 3.8) is 0 Å². The van der Waals surface area contributed by atoms with E-state index >= 15 is 0 Å². The summed E-state index contributed by atoms with van der Waals surface area (Å²) < 4.78 is 0. The molecule has 0 fully saturated rings. The van der Waals surface area contributed by atoms with Gasteiger partial charge in [-0.25, -0.2) is 9.97 Å². The highest BCUT2D eigenvalue weighted by molar-refractivity contribution is 7.98. The lowest BCUT2D eigenvalue weighted by atomic mass is 10.2. The van der Waals surface area contributed by atoms with Crippen LogP contribution in [0.25, 0.3) is 0 Å². The number of hydrogen-bond donors (Lipinski definition) is 2. The second-order valence-corrected chi connectivity index (χ2v) is 4.08. The molecule has 2 N–H and O–H groups in total. The summed E-state index contributed by atoms with van der Waals surface area (Å²) in [7, 11) is 0. The van der Waals surface area contributed by atoms with Crippen LogP contribution < -0.4 is 0 Å². The van der Waals surface area contributed by atoms with E-state index in [9.17, 15) is 5.11 Å². The summed E-state index contributed by atoms with van der Waals surface area (Å²) in [6, 6.07) is 6.30. The maximum absolute atomic E-state index is 9.56. The molecule has 0 saturated carbocycles. The molecule has 2 rings (SSSR count). The molecule has 16 heavy (non-hydrogen) atoms. The highest BCUT2D eigenvalue weighted by Gasteiger charge is 2.04. The van der Waals surface area contributed by atoms with Crippen LogP contribution in [0, 0.1) is 0 Å². The van der Waals surface area contributed by atoms with E-state index in [2.05, 4.69) is 9.97 Å². The topological polar surface area (TPSA) is 66.2 Å². The third kappa shape index (κ3) is 2.64. The van der Waals surface area contributed by atoms with Gasteiger partial charge in [0.15, 0.2) is 5.16 Å². The monoisotopic (exact) mass is 234 g/mol. The van der Waals surface area contributed by atoms with Crippen LogP contribution in [0.4, 0.5) is 0 Å². The Morgan fingerprint density at radius 1 is 1.12 bits per heavy atom. The predicted molar refractivity (Wildman–Crippen MR) is 61.4 cm³/mol. The summed E-state index contributed by atoms with van der Waals surface area (Å²) in [6.07, 6.45) is 3.35. The number of rotatable bonds is 3. The predicted octanol–water partition coefficient (Wildman–Crippen LogP) is 2.18.